The number of hydrogen-bond donors (Lipinski definition) is 1. The zero-order valence-electron chi connectivity index (χ0n) is 21.7. The molecule has 2 amide bonds. The molecule has 0 aliphatic rings. The predicted molar refractivity (Wildman–Crippen MR) is 144 cm³/mol. The number of nitrogens with zero attached hydrogens (tertiary/aromatic N) is 3. The molecule has 0 bridgehead atoms. The van der Waals surface area contributed by atoms with Crippen LogP contribution in [0.5, 0.6) is 5.75 Å². The molecule has 0 fully saturated rings. The van der Waals surface area contributed by atoms with Crippen molar-refractivity contribution in [2.75, 3.05) is 25.5 Å². The van der Waals surface area contributed by atoms with Crippen molar-refractivity contribution in [2.45, 2.75) is 52.4 Å². The Morgan fingerprint density at radius 3 is 2.42 bits per heavy atom. The van der Waals surface area contributed by atoms with Gasteiger partial charge in [-0.2, -0.15) is 5.10 Å². The number of anilines is 1. The molecule has 3 aromatic rings. The first-order valence-corrected chi connectivity index (χ1v) is 12.6. The molecule has 0 saturated heterocycles. The molecule has 7 nitrogen and oxygen atoms in total. The van der Waals surface area contributed by atoms with Gasteiger partial charge in [-0.3, -0.25) is 9.59 Å². The van der Waals surface area contributed by atoms with Gasteiger partial charge in [0.05, 0.1) is 18.5 Å². The molecule has 0 unspecified atom stereocenters. The van der Waals surface area contributed by atoms with Gasteiger partial charge in [-0.1, -0.05) is 58.2 Å². The van der Waals surface area contributed by atoms with Crippen molar-refractivity contribution < 1.29 is 14.3 Å². The van der Waals surface area contributed by atoms with Crippen LogP contribution in [-0.4, -0.2) is 46.7 Å². The second-order valence-electron chi connectivity index (χ2n) is 9.77. The van der Waals surface area contributed by atoms with E-state index >= 15 is 0 Å². The van der Waals surface area contributed by atoms with Crippen LogP contribution in [0.2, 0.25) is 5.02 Å². The number of halogens is 1. The summed E-state index contributed by atoms with van der Waals surface area (Å²) in [4.78, 5) is 28.0. The van der Waals surface area contributed by atoms with Crippen molar-refractivity contribution in [1.29, 1.82) is 0 Å². The SMILES string of the molecule is CCCCCN(CC(=O)Nc1cc(C(C)(C)C)nn1-c1ccc(OC)cc1)C(=O)c1cccc(Cl)c1. The molecule has 1 heterocycles. The van der Waals surface area contributed by atoms with Gasteiger partial charge in [0.25, 0.3) is 5.91 Å². The van der Waals surface area contributed by atoms with E-state index < -0.39 is 0 Å². The minimum atomic E-state index is -0.294. The molecule has 0 radical (unpaired) electrons. The van der Waals surface area contributed by atoms with E-state index in [0.29, 0.717) is 22.9 Å². The summed E-state index contributed by atoms with van der Waals surface area (Å²) in [5.74, 6) is 0.758. The number of carbonyl (C=O) groups excluding carboxylic acids is 2. The zero-order valence-corrected chi connectivity index (χ0v) is 22.4. The van der Waals surface area contributed by atoms with E-state index in [0.717, 1.165) is 36.4 Å². The maximum Gasteiger partial charge on any atom is 0.254 e. The van der Waals surface area contributed by atoms with E-state index in [-0.39, 0.29) is 23.8 Å². The lowest BCUT2D eigenvalue weighted by molar-refractivity contribution is -0.117. The average molecular weight is 511 g/mol. The third kappa shape index (κ3) is 7.10. The van der Waals surface area contributed by atoms with Crippen LogP contribution in [0, 0.1) is 0 Å². The molecule has 2 aromatic carbocycles. The fourth-order valence-corrected chi connectivity index (χ4v) is 3.91. The minimum absolute atomic E-state index is 0.0757. The number of benzene rings is 2. The van der Waals surface area contributed by atoms with Crippen molar-refractivity contribution in [1.82, 2.24) is 14.7 Å². The van der Waals surface area contributed by atoms with Gasteiger partial charge < -0.3 is 15.0 Å². The first kappa shape index (κ1) is 27.3. The fraction of sp³-hybridized carbons (Fsp3) is 0.393. The lowest BCUT2D eigenvalue weighted by atomic mass is 9.92. The van der Waals surface area contributed by atoms with E-state index in [1.165, 1.54) is 0 Å². The first-order chi connectivity index (χ1) is 17.1. The third-order valence-corrected chi connectivity index (χ3v) is 6.02. The lowest BCUT2D eigenvalue weighted by Gasteiger charge is -2.22. The number of rotatable bonds is 10. The van der Waals surface area contributed by atoms with E-state index in [9.17, 15) is 9.59 Å². The topological polar surface area (TPSA) is 76.5 Å². The van der Waals surface area contributed by atoms with Crippen LogP contribution in [0.1, 0.15) is 63.0 Å². The molecule has 0 saturated carbocycles. The molecule has 36 heavy (non-hydrogen) atoms. The van der Waals surface area contributed by atoms with Gasteiger partial charge in [0.2, 0.25) is 5.91 Å². The van der Waals surface area contributed by atoms with E-state index in [2.05, 4.69) is 33.0 Å². The molecular formula is C28H35ClN4O3. The summed E-state index contributed by atoms with van der Waals surface area (Å²) >= 11 is 6.10. The van der Waals surface area contributed by atoms with Crippen molar-refractivity contribution in [2.24, 2.45) is 0 Å². The Labute approximate surface area is 218 Å². The second kappa shape index (κ2) is 12.1. The average Bonchev–Trinajstić information content (AvgIpc) is 3.27. The Morgan fingerprint density at radius 1 is 1.08 bits per heavy atom. The highest BCUT2D eigenvalue weighted by Gasteiger charge is 2.23. The highest BCUT2D eigenvalue weighted by Crippen LogP contribution is 2.27. The second-order valence-corrected chi connectivity index (χ2v) is 10.2. The van der Waals surface area contributed by atoms with Crippen molar-refractivity contribution in [3.63, 3.8) is 0 Å². The maximum atomic E-state index is 13.2. The molecule has 1 N–H and O–H groups in total. The number of hydrogen-bond acceptors (Lipinski definition) is 4. The van der Waals surface area contributed by atoms with Gasteiger partial charge >= 0.3 is 0 Å². The molecule has 8 heteroatoms. The van der Waals surface area contributed by atoms with Crippen LogP contribution < -0.4 is 10.1 Å². The molecule has 0 aliphatic heterocycles. The zero-order chi connectivity index (χ0) is 26.3. The van der Waals surface area contributed by atoms with Crippen LogP contribution in [0.4, 0.5) is 5.82 Å². The number of carbonyl (C=O) groups is 2. The summed E-state index contributed by atoms with van der Waals surface area (Å²) in [7, 11) is 1.61. The third-order valence-electron chi connectivity index (χ3n) is 5.79. The molecule has 0 atom stereocenters. The molecule has 192 valence electrons. The number of ether oxygens (including phenoxy) is 1. The van der Waals surface area contributed by atoms with Crippen LogP contribution >= 0.6 is 11.6 Å². The van der Waals surface area contributed by atoms with Crippen molar-refractivity contribution in [3.05, 3.63) is 70.9 Å². The van der Waals surface area contributed by atoms with Gasteiger partial charge in [0.1, 0.15) is 18.1 Å². The van der Waals surface area contributed by atoms with Gasteiger partial charge in [-0.05, 0) is 48.9 Å². The molecule has 3 rings (SSSR count). The van der Waals surface area contributed by atoms with Gasteiger partial charge in [0.15, 0.2) is 0 Å². The number of unbranched alkanes of at least 4 members (excludes halogenated alkanes) is 2. The van der Waals surface area contributed by atoms with Gasteiger partial charge in [0, 0.05) is 28.6 Å². The standard InChI is InChI=1S/C28H35ClN4O3/c1-6-7-8-16-32(27(35)20-10-9-11-21(29)17-20)19-26(34)30-25-18-24(28(2,3)4)31-33(25)22-12-14-23(36-5)15-13-22/h9-15,17-18H,6-8,16,19H2,1-5H3,(H,30,34). The Bertz CT molecular complexity index is 1180. The number of methoxy groups -OCH3 is 1. The van der Waals surface area contributed by atoms with Crippen molar-refractivity contribution in [3.8, 4) is 11.4 Å². The Hall–Kier alpha value is -3.32. The summed E-state index contributed by atoms with van der Waals surface area (Å²) < 4.78 is 6.97. The number of aromatic nitrogens is 2. The van der Waals surface area contributed by atoms with E-state index in [1.54, 1.807) is 41.0 Å². The van der Waals surface area contributed by atoms with E-state index in [1.807, 2.05) is 30.3 Å². The van der Waals surface area contributed by atoms with Crippen LogP contribution in [0.3, 0.4) is 0 Å². The van der Waals surface area contributed by atoms with Gasteiger partial charge in [-0.15, -0.1) is 0 Å². The Morgan fingerprint density at radius 2 is 1.81 bits per heavy atom. The minimum Gasteiger partial charge on any atom is -0.497 e. The summed E-state index contributed by atoms with van der Waals surface area (Å²) in [6.07, 6.45) is 2.80. The maximum absolute atomic E-state index is 13.2. The monoisotopic (exact) mass is 510 g/mol. The number of amides is 2. The molecule has 0 aliphatic carbocycles. The Balaban J connectivity index is 1.85. The summed E-state index contributed by atoms with van der Waals surface area (Å²) in [5, 5.41) is 8.22. The molecule has 1 aromatic heterocycles. The fourth-order valence-electron chi connectivity index (χ4n) is 3.72. The summed E-state index contributed by atoms with van der Waals surface area (Å²) in [6, 6.07) is 16.1. The normalized spacial score (nSPS) is 11.3. The predicted octanol–water partition coefficient (Wildman–Crippen LogP) is 6.10. The van der Waals surface area contributed by atoms with Crippen LogP contribution in [0.15, 0.2) is 54.6 Å². The smallest absolute Gasteiger partial charge is 0.254 e. The summed E-state index contributed by atoms with van der Waals surface area (Å²) in [5.41, 5.74) is 1.87. The van der Waals surface area contributed by atoms with E-state index in [4.69, 9.17) is 21.4 Å². The number of nitrogens with one attached hydrogen (secondary N) is 1. The molecule has 0 spiro atoms. The highest BCUT2D eigenvalue weighted by atomic mass is 35.5. The van der Waals surface area contributed by atoms with Crippen LogP contribution in [-0.2, 0) is 10.2 Å². The Kier molecular flexibility index (Phi) is 9.15. The lowest BCUT2D eigenvalue weighted by Crippen LogP contribution is -2.39. The first-order valence-electron chi connectivity index (χ1n) is 12.2. The quantitative estimate of drug-likeness (QED) is 0.334. The van der Waals surface area contributed by atoms with Gasteiger partial charge in [-0.25, -0.2) is 4.68 Å². The van der Waals surface area contributed by atoms with Crippen LogP contribution in [0.25, 0.3) is 5.69 Å². The van der Waals surface area contributed by atoms with Crippen molar-refractivity contribution >= 4 is 29.2 Å². The molecular weight excluding hydrogens is 476 g/mol. The summed E-state index contributed by atoms with van der Waals surface area (Å²) in [6.45, 7) is 8.71. The largest absolute Gasteiger partial charge is 0.497 e. The highest BCUT2D eigenvalue weighted by molar-refractivity contribution is 6.31.